The first-order valence-corrected chi connectivity index (χ1v) is 5.38. The molecule has 1 aliphatic heterocycles. The summed E-state index contributed by atoms with van der Waals surface area (Å²) in [5.74, 6) is -0.451. The molecule has 5 heteroatoms. The number of halogens is 1. The fourth-order valence-corrected chi connectivity index (χ4v) is 1.71. The topological polar surface area (TPSA) is 61.6 Å². The highest BCUT2D eigenvalue weighted by Crippen LogP contribution is 2.21. The zero-order chi connectivity index (χ0) is 11.5. The van der Waals surface area contributed by atoms with Gasteiger partial charge in [-0.05, 0) is 18.2 Å². The van der Waals surface area contributed by atoms with E-state index in [1.807, 2.05) is 0 Å². The summed E-state index contributed by atoms with van der Waals surface area (Å²) in [6.07, 6.45) is 0.552. The van der Waals surface area contributed by atoms with Crippen molar-refractivity contribution in [1.82, 2.24) is 0 Å². The third-order valence-corrected chi connectivity index (χ3v) is 2.70. The van der Waals surface area contributed by atoms with E-state index < -0.39 is 5.97 Å². The maximum absolute atomic E-state index is 11.8. The van der Waals surface area contributed by atoms with E-state index in [1.54, 1.807) is 12.1 Å². The number of rotatable bonds is 2. The van der Waals surface area contributed by atoms with Crippen LogP contribution in [0.15, 0.2) is 18.2 Å². The van der Waals surface area contributed by atoms with E-state index in [9.17, 15) is 4.79 Å². The van der Waals surface area contributed by atoms with E-state index >= 15 is 0 Å². The summed E-state index contributed by atoms with van der Waals surface area (Å²) in [7, 11) is 0. The van der Waals surface area contributed by atoms with Crippen molar-refractivity contribution in [2.24, 2.45) is 0 Å². The number of ether oxygens (including phenoxy) is 2. The summed E-state index contributed by atoms with van der Waals surface area (Å²) < 4.78 is 10.3. The number of anilines is 1. The summed E-state index contributed by atoms with van der Waals surface area (Å²) in [5, 5.41) is 0.345. The van der Waals surface area contributed by atoms with Gasteiger partial charge in [0, 0.05) is 12.1 Å². The van der Waals surface area contributed by atoms with E-state index in [0.717, 1.165) is 6.42 Å². The highest BCUT2D eigenvalue weighted by atomic mass is 35.5. The van der Waals surface area contributed by atoms with Crippen molar-refractivity contribution in [3.63, 3.8) is 0 Å². The van der Waals surface area contributed by atoms with Crippen LogP contribution in [0.1, 0.15) is 16.8 Å². The van der Waals surface area contributed by atoms with E-state index in [-0.39, 0.29) is 6.10 Å². The van der Waals surface area contributed by atoms with Crippen LogP contribution >= 0.6 is 11.6 Å². The van der Waals surface area contributed by atoms with Gasteiger partial charge in [-0.1, -0.05) is 11.6 Å². The Balaban J connectivity index is 2.10. The van der Waals surface area contributed by atoms with Gasteiger partial charge in [0.15, 0.2) is 0 Å². The average Bonchev–Trinajstić information content (AvgIpc) is 2.74. The molecule has 86 valence electrons. The Hall–Kier alpha value is -1.26. The Bertz CT molecular complexity index is 402. The molecule has 0 amide bonds. The van der Waals surface area contributed by atoms with E-state index in [0.29, 0.717) is 29.5 Å². The lowest BCUT2D eigenvalue weighted by molar-refractivity contribution is 0.0271. The van der Waals surface area contributed by atoms with Gasteiger partial charge >= 0.3 is 5.97 Å². The van der Waals surface area contributed by atoms with E-state index in [4.69, 9.17) is 26.8 Å². The van der Waals surface area contributed by atoms with Gasteiger partial charge < -0.3 is 15.2 Å². The molecule has 1 unspecified atom stereocenters. The highest BCUT2D eigenvalue weighted by molar-refractivity contribution is 6.33. The number of carbonyl (C=O) groups excluding carboxylic acids is 1. The molecule has 1 atom stereocenters. The molecule has 0 aromatic heterocycles. The van der Waals surface area contributed by atoms with Gasteiger partial charge in [0.2, 0.25) is 0 Å². The summed E-state index contributed by atoms with van der Waals surface area (Å²) >= 11 is 5.89. The second kappa shape index (κ2) is 4.72. The first kappa shape index (κ1) is 11.2. The third-order valence-electron chi connectivity index (χ3n) is 2.37. The van der Waals surface area contributed by atoms with Gasteiger partial charge in [-0.25, -0.2) is 4.79 Å². The molecular weight excluding hydrogens is 230 g/mol. The van der Waals surface area contributed by atoms with Gasteiger partial charge in [0.1, 0.15) is 6.10 Å². The Labute approximate surface area is 98.3 Å². The lowest BCUT2D eigenvalue weighted by Crippen LogP contribution is -2.18. The van der Waals surface area contributed by atoms with Gasteiger partial charge in [-0.2, -0.15) is 0 Å². The molecule has 0 aliphatic carbocycles. The molecule has 0 radical (unpaired) electrons. The molecule has 1 aliphatic rings. The number of nitrogen functional groups attached to an aromatic ring is 1. The molecule has 4 nitrogen and oxygen atoms in total. The predicted octanol–water partition coefficient (Wildman–Crippen LogP) is 1.87. The molecule has 0 spiro atoms. The number of nitrogens with two attached hydrogens (primary N) is 1. The van der Waals surface area contributed by atoms with Crippen LogP contribution in [-0.4, -0.2) is 25.3 Å². The molecule has 2 N–H and O–H groups in total. The molecule has 1 aromatic rings. The number of hydrogen-bond donors (Lipinski definition) is 1. The smallest absolute Gasteiger partial charge is 0.340 e. The van der Waals surface area contributed by atoms with Crippen molar-refractivity contribution < 1.29 is 14.3 Å². The molecule has 1 aromatic carbocycles. The maximum atomic E-state index is 11.8. The highest BCUT2D eigenvalue weighted by Gasteiger charge is 2.22. The normalized spacial score (nSPS) is 19.7. The lowest BCUT2D eigenvalue weighted by atomic mass is 10.2. The Kier molecular flexibility index (Phi) is 3.31. The van der Waals surface area contributed by atoms with Crippen molar-refractivity contribution in [1.29, 1.82) is 0 Å². The standard InChI is InChI=1S/C11H12ClNO3/c12-10-2-1-7(13)5-9(10)11(14)16-8-3-4-15-6-8/h1-2,5,8H,3-4,6,13H2. The van der Waals surface area contributed by atoms with Crippen molar-refractivity contribution in [3.8, 4) is 0 Å². The van der Waals surface area contributed by atoms with Crippen LogP contribution in [0.4, 0.5) is 5.69 Å². The van der Waals surface area contributed by atoms with Crippen LogP contribution in [0.25, 0.3) is 0 Å². The van der Waals surface area contributed by atoms with Crippen LogP contribution in [0, 0.1) is 0 Å². The summed E-state index contributed by atoms with van der Waals surface area (Å²) in [6.45, 7) is 1.08. The van der Waals surface area contributed by atoms with Gasteiger partial charge in [-0.15, -0.1) is 0 Å². The van der Waals surface area contributed by atoms with Crippen molar-refractivity contribution in [2.75, 3.05) is 18.9 Å². The third kappa shape index (κ3) is 2.46. The number of benzene rings is 1. The molecule has 0 saturated carbocycles. The first-order chi connectivity index (χ1) is 7.66. The molecule has 1 heterocycles. The average molecular weight is 242 g/mol. The molecule has 1 fully saturated rings. The summed E-state index contributed by atoms with van der Waals surface area (Å²) in [6, 6.07) is 4.73. The van der Waals surface area contributed by atoms with Crippen LogP contribution < -0.4 is 5.73 Å². The number of carbonyl (C=O) groups is 1. The summed E-state index contributed by atoms with van der Waals surface area (Å²) in [4.78, 5) is 11.8. The zero-order valence-corrected chi connectivity index (χ0v) is 9.37. The van der Waals surface area contributed by atoms with Gasteiger partial charge in [0.25, 0.3) is 0 Å². The van der Waals surface area contributed by atoms with Crippen LogP contribution in [0.3, 0.4) is 0 Å². The van der Waals surface area contributed by atoms with E-state index in [2.05, 4.69) is 0 Å². The predicted molar refractivity (Wildman–Crippen MR) is 60.5 cm³/mol. The Morgan fingerprint density at radius 3 is 3.06 bits per heavy atom. The van der Waals surface area contributed by atoms with Crippen molar-refractivity contribution >= 4 is 23.3 Å². The van der Waals surface area contributed by atoms with E-state index in [1.165, 1.54) is 6.07 Å². The van der Waals surface area contributed by atoms with Crippen molar-refractivity contribution in [2.45, 2.75) is 12.5 Å². The maximum Gasteiger partial charge on any atom is 0.340 e. The second-order valence-corrected chi connectivity index (χ2v) is 4.04. The number of esters is 1. The summed E-state index contributed by atoms with van der Waals surface area (Å²) in [5.41, 5.74) is 6.37. The van der Waals surface area contributed by atoms with Crippen LogP contribution in [0.2, 0.25) is 5.02 Å². The molecule has 1 saturated heterocycles. The lowest BCUT2D eigenvalue weighted by Gasteiger charge is -2.11. The SMILES string of the molecule is Nc1ccc(Cl)c(C(=O)OC2CCOC2)c1. The molecule has 16 heavy (non-hydrogen) atoms. The van der Waals surface area contributed by atoms with Crippen LogP contribution in [-0.2, 0) is 9.47 Å². The molecular formula is C11H12ClNO3. The minimum atomic E-state index is -0.451. The minimum Gasteiger partial charge on any atom is -0.456 e. The monoisotopic (exact) mass is 241 g/mol. The number of hydrogen-bond acceptors (Lipinski definition) is 4. The largest absolute Gasteiger partial charge is 0.456 e. The van der Waals surface area contributed by atoms with Crippen molar-refractivity contribution in [3.05, 3.63) is 28.8 Å². The second-order valence-electron chi connectivity index (χ2n) is 3.63. The Morgan fingerprint density at radius 2 is 2.38 bits per heavy atom. The minimum absolute atomic E-state index is 0.176. The molecule has 2 rings (SSSR count). The molecule has 0 bridgehead atoms. The fraction of sp³-hybridized carbons (Fsp3) is 0.364. The first-order valence-electron chi connectivity index (χ1n) is 5.00. The van der Waals surface area contributed by atoms with Gasteiger partial charge in [0.05, 0.1) is 23.8 Å². The van der Waals surface area contributed by atoms with Gasteiger partial charge in [-0.3, -0.25) is 0 Å². The van der Waals surface area contributed by atoms with Crippen LogP contribution in [0.5, 0.6) is 0 Å². The quantitative estimate of drug-likeness (QED) is 0.634. The Morgan fingerprint density at radius 1 is 1.56 bits per heavy atom. The fourth-order valence-electron chi connectivity index (χ4n) is 1.52. The zero-order valence-electron chi connectivity index (χ0n) is 8.61.